The summed E-state index contributed by atoms with van der Waals surface area (Å²) in [7, 11) is 0. The molecule has 2 aromatic rings. The van der Waals surface area contributed by atoms with Crippen molar-refractivity contribution in [1.29, 1.82) is 0 Å². The molecule has 0 radical (unpaired) electrons. The van der Waals surface area contributed by atoms with Crippen molar-refractivity contribution in [3.8, 4) is 0 Å². The average Bonchev–Trinajstić information content (AvgIpc) is 2.46. The fourth-order valence-electron chi connectivity index (χ4n) is 2.18. The molecule has 0 spiro atoms. The number of nitrogens with zero attached hydrogens (tertiary/aromatic N) is 1. The molecule has 0 bridgehead atoms. The molecular formula is C16H16Cl2N2O. The van der Waals surface area contributed by atoms with Gasteiger partial charge in [0.15, 0.2) is 0 Å². The molecule has 0 aliphatic heterocycles. The Labute approximate surface area is 134 Å². The Hall–Kier alpha value is -1.58. The van der Waals surface area contributed by atoms with Gasteiger partial charge in [0.25, 0.3) is 5.91 Å². The second kappa shape index (κ2) is 6.92. The zero-order valence-corrected chi connectivity index (χ0v) is 13.4. The number of para-hydroxylation sites is 1. The average molecular weight is 323 g/mol. The Morgan fingerprint density at radius 2 is 1.62 bits per heavy atom. The summed E-state index contributed by atoms with van der Waals surface area (Å²) in [6.45, 7) is 4.12. The summed E-state index contributed by atoms with van der Waals surface area (Å²) in [6, 6.07) is 9.04. The molecule has 0 unspecified atom stereocenters. The van der Waals surface area contributed by atoms with E-state index in [4.69, 9.17) is 23.2 Å². The number of hydrogen-bond donors (Lipinski definition) is 1. The molecule has 0 saturated heterocycles. The van der Waals surface area contributed by atoms with Crippen molar-refractivity contribution >= 4 is 34.8 Å². The molecule has 0 fully saturated rings. The highest BCUT2D eigenvalue weighted by atomic mass is 35.5. The SMILES string of the molecule is CCc1cccc(CC)c1NC(=O)c1cc(Cl)nc(Cl)c1. The third-order valence-electron chi connectivity index (χ3n) is 3.26. The van der Waals surface area contributed by atoms with Crippen LogP contribution >= 0.6 is 23.2 Å². The van der Waals surface area contributed by atoms with Gasteiger partial charge >= 0.3 is 0 Å². The number of benzene rings is 1. The first-order valence-electron chi connectivity index (χ1n) is 6.80. The van der Waals surface area contributed by atoms with E-state index in [1.807, 2.05) is 18.2 Å². The van der Waals surface area contributed by atoms with Gasteiger partial charge < -0.3 is 5.32 Å². The number of rotatable bonds is 4. The van der Waals surface area contributed by atoms with Crippen LogP contribution < -0.4 is 5.32 Å². The molecule has 1 amide bonds. The van der Waals surface area contributed by atoms with Crippen molar-refractivity contribution in [3.63, 3.8) is 0 Å². The number of pyridine rings is 1. The fourth-order valence-corrected chi connectivity index (χ4v) is 2.65. The highest BCUT2D eigenvalue weighted by molar-refractivity contribution is 6.33. The first kappa shape index (κ1) is 15.8. The smallest absolute Gasteiger partial charge is 0.255 e. The largest absolute Gasteiger partial charge is 0.321 e. The minimum atomic E-state index is -0.239. The van der Waals surface area contributed by atoms with Crippen molar-refractivity contribution in [2.45, 2.75) is 26.7 Å². The van der Waals surface area contributed by atoms with Crippen LogP contribution in [0.3, 0.4) is 0 Å². The Balaban J connectivity index is 2.35. The highest BCUT2D eigenvalue weighted by Crippen LogP contribution is 2.24. The molecule has 110 valence electrons. The highest BCUT2D eigenvalue weighted by Gasteiger charge is 2.13. The number of aryl methyl sites for hydroxylation is 2. The van der Waals surface area contributed by atoms with Crippen molar-refractivity contribution in [1.82, 2.24) is 4.98 Å². The van der Waals surface area contributed by atoms with E-state index in [1.165, 1.54) is 12.1 Å². The quantitative estimate of drug-likeness (QED) is 0.824. The molecule has 2 rings (SSSR count). The van der Waals surface area contributed by atoms with Crippen LogP contribution in [0.15, 0.2) is 30.3 Å². The molecule has 1 heterocycles. The molecule has 0 aliphatic carbocycles. The Morgan fingerprint density at radius 3 is 2.10 bits per heavy atom. The van der Waals surface area contributed by atoms with Crippen LogP contribution in [-0.4, -0.2) is 10.9 Å². The van der Waals surface area contributed by atoms with Gasteiger partial charge in [-0.1, -0.05) is 55.2 Å². The summed E-state index contributed by atoms with van der Waals surface area (Å²) in [5, 5.41) is 3.37. The second-order valence-corrected chi connectivity index (χ2v) is 5.39. The molecule has 0 atom stereocenters. The van der Waals surface area contributed by atoms with Gasteiger partial charge in [-0.25, -0.2) is 4.98 Å². The summed E-state index contributed by atoms with van der Waals surface area (Å²) in [5.74, 6) is -0.239. The van der Waals surface area contributed by atoms with Crippen LogP contribution in [0.25, 0.3) is 0 Å². The summed E-state index contributed by atoms with van der Waals surface area (Å²) in [4.78, 5) is 16.2. The minimum Gasteiger partial charge on any atom is -0.321 e. The van der Waals surface area contributed by atoms with E-state index in [0.717, 1.165) is 29.7 Å². The summed E-state index contributed by atoms with van der Waals surface area (Å²) in [6.07, 6.45) is 1.70. The Morgan fingerprint density at radius 1 is 1.10 bits per heavy atom. The number of hydrogen-bond acceptors (Lipinski definition) is 2. The van der Waals surface area contributed by atoms with Gasteiger partial charge in [-0.3, -0.25) is 4.79 Å². The number of nitrogens with one attached hydrogen (secondary N) is 1. The zero-order valence-electron chi connectivity index (χ0n) is 11.9. The fraction of sp³-hybridized carbons (Fsp3) is 0.250. The topological polar surface area (TPSA) is 42.0 Å². The van der Waals surface area contributed by atoms with Gasteiger partial charge in [-0.05, 0) is 36.1 Å². The Kier molecular flexibility index (Phi) is 5.21. The van der Waals surface area contributed by atoms with E-state index in [-0.39, 0.29) is 16.2 Å². The lowest BCUT2D eigenvalue weighted by Crippen LogP contribution is -2.15. The van der Waals surface area contributed by atoms with Crippen LogP contribution in [0.2, 0.25) is 10.3 Å². The van der Waals surface area contributed by atoms with Gasteiger partial charge in [0.1, 0.15) is 10.3 Å². The third kappa shape index (κ3) is 3.74. The molecular weight excluding hydrogens is 307 g/mol. The maximum Gasteiger partial charge on any atom is 0.255 e. The van der Waals surface area contributed by atoms with Crippen LogP contribution in [-0.2, 0) is 12.8 Å². The second-order valence-electron chi connectivity index (χ2n) is 4.61. The maximum absolute atomic E-state index is 12.4. The molecule has 5 heteroatoms. The number of halogens is 2. The van der Waals surface area contributed by atoms with Crippen LogP contribution in [0, 0.1) is 0 Å². The maximum atomic E-state index is 12.4. The van der Waals surface area contributed by atoms with Gasteiger partial charge in [0.05, 0.1) is 0 Å². The monoisotopic (exact) mass is 322 g/mol. The van der Waals surface area contributed by atoms with E-state index in [1.54, 1.807) is 0 Å². The van der Waals surface area contributed by atoms with E-state index < -0.39 is 0 Å². The number of carbonyl (C=O) groups excluding carboxylic acids is 1. The van der Waals surface area contributed by atoms with Gasteiger partial charge in [-0.15, -0.1) is 0 Å². The lowest BCUT2D eigenvalue weighted by molar-refractivity contribution is 0.102. The number of anilines is 1. The van der Waals surface area contributed by atoms with Crippen molar-refractivity contribution in [3.05, 3.63) is 57.3 Å². The lowest BCUT2D eigenvalue weighted by atomic mass is 10.0. The number of amides is 1. The predicted molar refractivity (Wildman–Crippen MR) is 87.4 cm³/mol. The molecule has 1 aromatic carbocycles. The summed E-state index contributed by atoms with van der Waals surface area (Å²) in [5.41, 5.74) is 3.48. The first-order chi connectivity index (χ1) is 10.0. The van der Waals surface area contributed by atoms with Gasteiger partial charge in [0, 0.05) is 11.3 Å². The zero-order chi connectivity index (χ0) is 15.4. The summed E-state index contributed by atoms with van der Waals surface area (Å²) < 4.78 is 0. The van der Waals surface area contributed by atoms with Crippen molar-refractivity contribution < 1.29 is 4.79 Å². The van der Waals surface area contributed by atoms with E-state index >= 15 is 0 Å². The van der Waals surface area contributed by atoms with E-state index in [0.29, 0.717) is 5.56 Å². The van der Waals surface area contributed by atoms with Gasteiger partial charge in [0.2, 0.25) is 0 Å². The molecule has 1 N–H and O–H groups in total. The Bertz CT molecular complexity index is 629. The lowest BCUT2D eigenvalue weighted by Gasteiger charge is -2.14. The molecule has 0 saturated carbocycles. The van der Waals surface area contributed by atoms with Gasteiger partial charge in [-0.2, -0.15) is 0 Å². The summed E-state index contributed by atoms with van der Waals surface area (Å²) >= 11 is 11.7. The molecule has 0 aliphatic rings. The molecule has 3 nitrogen and oxygen atoms in total. The van der Waals surface area contributed by atoms with Crippen molar-refractivity contribution in [2.24, 2.45) is 0 Å². The van der Waals surface area contributed by atoms with Crippen LogP contribution in [0.4, 0.5) is 5.69 Å². The predicted octanol–water partition coefficient (Wildman–Crippen LogP) is 4.77. The molecule has 1 aromatic heterocycles. The van der Waals surface area contributed by atoms with Crippen molar-refractivity contribution in [2.75, 3.05) is 5.32 Å². The van der Waals surface area contributed by atoms with Crippen LogP contribution in [0.5, 0.6) is 0 Å². The normalized spacial score (nSPS) is 10.5. The number of aromatic nitrogens is 1. The van der Waals surface area contributed by atoms with Crippen LogP contribution in [0.1, 0.15) is 35.3 Å². The number of carbonyl (C=O) groups is 1. The minimum absolute atomic E-state index is 0.201. The van der Waals surface area contributed by atoms with E-state index in [9.17, 15) is 4.79 Å². The standard InChI is InChI=1S/C16H16Cl2N2O/c1-3-10-6-5-7-11(4-2)15(10)20-16(21)12-8-13(17)19-14(18)9-12/h5-9H,3-4H2,1-2H3,(H,20,21). The van der Waals surface area contributed by atoms with E-state index in [2.05, 4.69) is 24.1 Å². The third-order valence-corrected chi connectivity index (χ3v) is 3.65. The molecule has 21 heavy (non-hydrogen) atoms. The first-order valence-corrected chi connectivity index (χ1v) is 7.56.